The number of oxime groups is 1. The fourth-order valence-corrected chi connectivity index (χ4v) is 2.60. The normalized spacial score (nSPS) is 31.0. The first-order valence-electron chi connectivity index (χ1n) is 4.91. The van der Waals surface area contributed by atoms with Crippen molar-refractivity contribution in [1.29, 1.82) is 0 Å². The molecule has 2 bridgehead atoms. The number of benzene rings is 1. The summed E-state index contributed by atoms with van der Waals surface area (Å²) in [7, 11) is 0. The Morgan fingerprint density at radius 3 is 2.79 bits per heavy atom. The van der Waals surface area contributed by atoms with E-state index in [1.165, 1.54) is 5.56 Å². The number of hydrogen-bond donors (Lipinski definition) is 2. The molecule has 72 valence electrons. The molecular formula is C11H12N2O. The fourth-order valence-electron chi connectivity index (χ4n) is 2.60. The lowest BCUT2D eigenvalue weighted by Crippen LogP contribution is -2.36. The number of nitrogens with zero attached hydrogens (tertiary/aromatic N) is 1. The summed E-state index contributed by atoms with van der Waals surface area (Å²) in [5.74, 6) is 1.13. The fraction of sp³-hybridized carbons (Fsp3) is 0.364. The molecule has 0 saturated heterocycles. The Morgan fingerprint density at radius 1 is 1.29 bits per heavy atom. The molecule has 3 heteroatoms. The second-order valence-electron chi connectivity index (χ2n) is 4.20. The number of rotatable bonds is 0. The zero-order valence-corrected chi connectivity index (χ0v) is 7.77. The molecule has 1 saturated carbocycles. The van der Waals surface area contributed by atoms with Crippen LogP contribution in [-0.4, -0.2) is 10.9 Å². The zero-order valence-electron chi connectivity index (χ0n) is 7.77. The largest absolute Gasteiger partial charge is 0.411 e. The van der Waals surface area contributed by atoms with Crippen molar-refractivity contribution in [2.45, 2.75) is 18.8 Å². The molecular weight excluding hydrogens is 176 g/mol. The molecule has 0 unspecified atom stereocenters. The van der Waals surface area contributed by atoms with Gasteiger partial charge in [-0.3, -0.25) is 0 Å². The van der Waals surface area contributed by atoms with E-state index in [0.717, 1.165) is 29.8 Å². The average molecular weight is 188 g/mol. The van der Waals surface area contributed by atoms with Crippen molar-refractivity contribution < 1.29 is 5.21 Å². The highest BCUT2D eigenvalue weighted by Gasteiger charge is 2.41. The van der Waals surface area contributed by atoms with Crippen molar-refractivity contribution in [3.05, 3.63) is 29.3 Å². The van der Waals surface area contributed by atoms with Crippen LogP contribution in [0, 0.1) is 5.92 Å². The van der Waals surface area contributed by atoms with Gasteiger partial charge in [-0.15, -0.1) is 0 Å². The van der Waals surface area contributed by atoms with E-state index in [1.54, 1.807) is 0 Å². The van der Waals surface area contributed by atoms with Gasteiger partial charge in [0, 0.05) is 17.2 Å². The molecule has 0 radical (unpaired) electrons. The summed E-state index contributed by atoms with van der Waals surface area (Å²) >= 11 is 0. The van der Waals surface area contributed by atoms with Crippen molar-refractivity contribution in [2.75, 3.05) is 5.73 Å². The van der Waals surface area contributed by atoms with Gasteiger partial charge in [-0.1, -0.05) is 11.2 Å². The highest BCUT2D eigenvalue weighted by atomic mass is 16.4. The molecule has 3 aliphatic carbocycles. The van der Waals surface area contributed by atoms with Crippen LogP contribution in [0.4, 0.5) is 5.69 Å². The zero-order chi connectivity index (χ0) is 9.71. The van der Waals surface area contributed by atoms with Crippen LogP contribution in [0.5, 0.6) is 0 Å². The van der Waals surface area contributed by atoms with Gasteiger partial charge in [-0.05, 0) is 36.5 Å². The summed E-state index contributed by atoms with van der Waals surface area (Å²) in [5.41, 5.74) is 9.65. The SMILES string of the molecule is Nc1ccc2c(c1)/C(=N/O)C1CC2C1. The third kappa shape index (κ3) is 0.842. The Morgan fingerprint density at radius 2 is 2.07 bits per heavy atom. The standard InChI is InChI=1S/C11H12N2O/c12-8-1-2-9-6-3-7(4-6)11(13-14)10(9)5-8/h1-2,5-7,14H,3-4,12H2/b13-11+. The Hall–Kier alpha value is -1.51. The first kappa shape index (κ1) is 7.85. The number of nitrogen functional groups attached to an aromatic ring is 1. The Kier molecular flexibility index (Phi) is 1.40. The van der Waals surface area contributed by atoms with Crippen LogP contribution in [0.1, 0.15) is 29.9 Å². The third-order valence-corrected chi connectivity index (χ3v) is 3.43. The predicted molar refractivity (Wildman–Crippen MR) is 54.6 cm³/mol. The van der Waals surface area contributed by atoms with E-state index in [2.05, 4.69) is 11.2 Å². The lowest BCUT2D eigenvalue weighted by molar-refractivity contribution is 0.287. The molecule has 14 heavy (non-hydrogen) atoms. The van der Waals surface area contributed by atoms with Gasteiger partial charge in [0.05, 0.1) is 5.71 Å². The molecule has 0 spiro atoms. The number of nitrogens with two attached hydrogens (primary N) is 1. The second kappa shape index (κ2) is 2.50. The average Bonchev–Trinajstić information content (AvgIpc) is 2.14. The first-order chi connectivity index (χ1) is 6.79. The monoisotopic (exact) mass is 188 g/mol. The molecule has 3 nitrogen and oxygen atoms in total. The summed E-state index contributed by atoms with van der Waals surface area (Å²) in [6.45, 7) is 0. The van der Waals surface area contributed by atoms with Crippen molar-refractivity contribution in [3.63, 3.8) is 0 Å². The van der Waals surface area contributed by atoms with Gasteiger partial charge in [0.1, 0.15) is 0 Å². The molecule has 0 aromatic heterocycles. The number of hydrogen-bond acceptors (Lipinski definition) is 3. The van der Waals surface area contributed by atoms with Crippen LogP contribution in [0.25, 0.3) is 0 Å². The lowest BCUT2D eigenvalue weighted by Gasteiger charge is -2.42. The predicted octanol–water partition coefficient (Wildman–Crippen LogP) is 1.95. The van der Waals surface area contributed by atoms with Crippen molar-refractivity contribution >= 4 is 11.4 Å². The van der Waals surface area contributed by atoms with Gasteiger partial charge < -0.3 is 10.9 Å². The van der Waals surface area contributed by atoms with Gasteiger partial charge in [0.15, 0.2) is 0 Å². The Bertz CT molecular complexity index is 419. The van der Waals surface area contributed by atoms with Crippen molar-refractivity contribution in [1.82, 2.24) is 0 Å². The van der Waals surface area contributed by atoms with Crippen molar-refractivity contribution in [2.24, 2.45) is 11.1 Å². The van der Waals surface area contributed by atoms with Gasteiger partial charge in [0.2, 0.25) is 0 Å². The minimum Gasteiger partial charge on any atom is -0.411 e. The summed E-state index contributed by atoms with van der Waals surface area (Å²) < 4.78 is 0. The topological polar surface area (TPSA) is 58.6 Å². The first-order valence-corrected chi connectivity index (χ1v) is 4.91. The second-order valence-corrected chi connectivity index (χ2v) is 4.20. The van der Waals surface area contributed by atoms with Gasteiger partial charge >= 0.3 is 0 Å². The molecule has 0 atom stereocenters. The minimum atomic E-state index is 0.458. The van der Waals surface area contributed by atoms with E-state index in [-0.39, 0.29) is 0 Å². The Balaban J connectivity index is 2.22. The lowest BCUT2D eigenvalue weighted by atomic mass is 9.61. The smallest absolute Gasteiger partial charge is 0.0902 e. The van der Waals surface area contributed by atoms with Crippen molar-refractivity contribution in [3.8, 4) is 0 Å². The van der Waals surface area contributed by atoms with Gasteiger partial charge in [-0.25, -0.2) is 0 Å². The van der Waals surface area contributed by atoms with E-state index in [9.17, 15) is 0 Å². The van der Waals surface area contributed by atoms with E-state index >= 15 is 0 Å². The summed E-state index contributed by atoms with van der Waals surface area (Å²) in [4.78, 5) is 0. The maximum atomic E-state index is 8.97. The maximum Gasteiger partial charge on any atom is 0.0902 e. The maximum absolute atomic E-state index is 8.97. The quantitative estimate of drug-likeness (QED) is 0.371. The van der Waals surface area contributed by atoms with Crippen LogP contribution in [0.3, 0.4) is 0 Å². The Labute approximate surface area is 82.2 Å². The number of anilines is 1. The summed E-state index contributed by atoms with van der Waals surface area (Å²) in [6, 6.07) is 5.91. The highest BCUT2D eigenvalue weighted by Crippen LogP contribution is 2.50. The summed E-state index contributed by atoms with van der Waals surface area (Å²) in [5, 5.41) is 12.4. The minimum absolute atomic E-state index is 0.458. The van der Waals surface area contributed by atoms with Gasteiger partial charge in [0.25, 0.3) is 0 Å². The van der Waals surface area contributed by atoms with E-state index in [1.807, 2.05) is 12.1 Å². The van der Waals surface area contributed by atoms with Crippen LogP contribution in [-0.2, 0) is 0 Å². The van der Waals surface area contributed by atoms with E-state index < -0.39 is 0 Å². The molecule has 0 amide bonds. The molecule has 1 fully saturated rings. The van der Waals surface area contributed by atoms with E-state index in [4.69, 9.17) is 10.9 Å². The molecule has 0 aliphatic heterocycles. The molecule has 3 N–H and O–H groups in total. The summed E-state index contributed by atoms with van der Waals surface area (Å²) in [6.07, 6.45) is 2.27. The van der Waals surface area contributed by atoms with Crippen LogP contribution in [0.15, 0.2) is 23.4 Å². The molecule has 3 aliphatic rings. The third-order valence-electron chi connectivity index (χ3n) is 3.43. The highest BCUT2D eigenvalue weighted by molar-refractivity contribution is 6.06. The van der Waals surface area contributed by atoms with Crippen LogP contribution < -0.4 is 5.73 Å². The van der Waals surface area contributed by atoms with Crippen LogP contribution in [0.2, 0.25) is 0 Å². The molecule has 1 aromatic rings. The molecule has 0 heterocycles. The van der Waals surface area contributed by atoms with E-state index in [0.29, 0.717) is 11.8 Å². The van der Waals surface area contributed by atoms with Gasteiger partial charge in [-0.2, -0.15) is 0 Å². The molecule has 1 aromatic carbocycles. The molecule has 4 rings (SSSR count). The van der Waals surface area contributed by atoms with Crippen LogP contribution >= 0.6 is 0 Å².